The molecular formula is C37H47N3O7. The zero-order valence-corrected chi connectivity index (χ0v) is 27.5. The molecule has 0 amide bonds. The van der Waals surface area contributed by atoms with Crippen molar-refractivity contribution in [1.29, 1.82) is 0 Å². The minimum absolute atomic E-state index is 0.0617. The summed E-state index contributed by atoms with van der Waals surface area (Å²) in [5.41, 5.74) is 4.46. The molecule has 6 atom stereocenters. The van der Waals surface area contributed by atoms with E-state index >= 15 is 0 Å². The summed E-state index contributed by atoms with van der Waals surface area (Å²) in [5.74, 6) is -1.38. The molecule has 0 radical (unpaired) electrons. The summed E-state index contributed by atoms with van der Waals surface area (Å²) in [6.45, 7) is 6.26. The molecule has 47 heavy (non-hydrogen) atoms. The predicted octanol–water partition coefficient (Wildman–Crippen LogP) is 4.15. The minimum Gasteiger partial charge on any atom is -0.459 e. The van der Waals surface area contributed by atoms with Crippen LogP contribution < -0.4 is 11.1 Å². The number of ether oxygens (including phenoxy) is 2. The van der Waals surface area contributed by atoms with Crippen LogP contribution in [0.3, 0.4) is 0 Å². The van der Waals surface area contributed by atoms with Gasteiger partial charge in [-0.1, -0.05) is 55.8 Å². The molecule has 0 spiro atoms. The Balaban J connectivity index is 1.48. The molecule has 1 fully saturated rings. The first-order valence-electron chi connectivity index (χ1n) is 16.8. The van der Waals surface area contributed by atoms with Gasteiger partial charge in [0.05, 0.1) is 6.61 Å². The summed E-state index contributed by atoms with van der Waals surface area (Å²) in [4.78, 5) is 47.0. The Bertz CT molecular complexity index is 1550. The third-order valence-corrected chi connectivity index (χ3v) is 10.1. The number of pyridine rings is 1. The number of aryl methyl sites for hydroxylation is 1. The van der Waals surface area contributed by atoms with Gasteiger partial charge in [0, 0.05) is 42.3 Å². The number of carbonyl (C=O) groups is 3. The topological polar surface area (TPSA) is 164 Å². The molecule has 3 aliphatic rings. The molecule has 2 heterocycles. The van der Waals surface area contributed by atoms with Crippen molar-refractivity contribution in [3.05, 3.63) is 82.6 Å². The lowest BCUT2D eigenvalue weighted by Gasteiger charge is -2.37. The highest BCUT2D eigenvalue weighted by molar-refractivity contribution is 6.33. The van der Waals surface area contributed by atoms with Crippen LogP contribution in [0.2, 0.25) is 0 Å². The molecule has 10 heteroatoms. The Hall–Kier alpha value is -3.70. The number of nitrogen functional groups attached to an aromatic ring is 1. The number of hydrogen-bond acceptors (Lipinski definition) is 10. The largest absolute Gasteiger partial charge is 0.459 e. The zero-order valence-electron chi connectivity index (χ0n) is 27.5. The second-order valence-corrected chi connectivity index (χ2v) is 13.0. The number of epoxide rings is 1. The molecule has 1 saturated heterocycles. The van der Waals surface area contributed by atoms with E-state index < -0.39 is 34.8 Å². The molecule has 2 aliphatic carbocycles. The molecule has 2 aromatic rings. The number of benzene rings is 1. The third kappa shape index (κ3) is 6.56. The first-order chi connectivity index (χ1) is 22.6. The van der Waals surface area contributed by atoms with Crippen LogP contribution in [0.1, 0.15) is 85.6 Å². The second-order valence-electron chi connectivity index (χ2n) is 13.0. The molecule has 252 valence electrons. The number of allylic oxidation sites excluding steroid dienone is 2. The van der Waals surface area contributed by atoms with E-state index in [1.807, 2.05) is 19.9 Å². The van der Waals surface area contributed by atoms with E-state index in [0.717, 1.165) is 24.0 Å². The Labute approximate surface area is 276 Å². The zero-order chi connectivity index (χ0) is 33.8. The van der Waals surface area contributed by atoms with E-state index in [9.17, 15) is 24.6 Å². The number of rotatable bonds is 15. The normalized spacial score (nSPS) is 27.5. The van der Waals surface area contributed by atoms with Crippen LogP contribution in [0.4, 0.5) is 5.82 Å². The Kier molecular flexibility index (Phi) is 10.8. The van der Waals surface area contributed by atoms with Crippen LogP contribution in [0.15, 0.2) is 65.9 Å². The van der Waals surface area contributed by atoms with E-state index in [-0.39, 0.29) is 42.7 Å². The van der Waals surface area contributed by atoms with Crippen molar-refractivity contribution in [3.8, 4) is 0 Å². The lowest BCUT2D eigenvalue weighted by Crippen LogP contribution is -2.53. The van der Waals surface area contributed by atoms with Gasteiger partial charge in [0.1, 0.15) is 11.9 Å². The van der Waals surface area contributed by atoms with Gasteiger partial charge in [-0.3, -0.25) is 9.59 Å². The average Bonchev–Trinajstić information content (AvgIpc) is 3.79. The summed E-state index contributed by atoms with van der Waals surface area (Å²) in [5, 5.41) is 23.7. The number of hydrogen-bond donors (Lipinski definition) is 4. The number of Topliss-reactive ketones (excluding diaryl/α,β-unsaturated/α-hetero) is 2. The van der Waals surface area contributed by atoms with E-state index in [1.165, 1.54) is 6.07 Å². The number of ketones is 2. The third-order valence-electron chi connectivity index (χ3n) is 10.1. The van der Waals surface area contributed by atoms with Crippen molar-refractivity contribution in [2.75, 3.05) is 25.5 Å². The van der Waals surface area contributed by atoms with Gasteiger partial charge in [-0.25, -0.2) is 9.78 Å². The average molecular weight is 646 g/mol. The number of aliphatic hydroxyl groups is 2. The fraction of sp³-hybridized carbons (Fsp3) is 0.514. The van der Waals surface area contributed by atoms with Crippen LogP contribution in [0.5, 0.6) is 0 Å². The van der Waals surface area contributed by atoms with Gasteiger partial charge in [0.2, 0.25) is 5.78 Å². The molecule has 1 aromatic carbocycles. The summed E-state index contributed by atoms with van der Waals surface area (Å²) >= 11 is 0. The highest BCUT2D eigenvalue weighted by Gasteiger charge is 2.85. The number of nitrogens with two attached hydrogens (primary N) is 1. The van der Waals surface area contributed by atoms with Crippen LogP contribution in [0.25, 0.3) is 0 Å². The van der Waals surface area contributed by atoms with Gasteiger partial charge < -0.3 is 30.7 Å². The second kappa shape index (κ2) is 14.6. The van der Waals surface area contributed by atoms with Crippen molar-refractivity contribution in [2.24, 2.45) is 11.8 Å². The van der Waals surface area contributed by atoms with Gasteiger partial charge in [0.25, 0.3) is 5.60 Å². The van der Waals surface area contributed by atoms with Gasteiger partial charge in [-0.2, -0.15) is 0 Å². The maximum absolute atomic E-state index is 14.4. The van der Waals surface area contributed by atoms with Crippen LogP contribution in [-0.2, 0) is 20.7 Å². The molecular weight excluding hydrogens is 598 g/mol. The van der Waals surface area contributed by atoms with Gasteiger partial charge in [-0.05, 0) is 81.2 Å². The summed E-state index contributed by atoms with van der Waals surface area (Å²) in [6.07, 6.45) is 8.85. The maximum Gasteiger partial charge on any atom is 0.350 e. The number of carbonyl (C=O) groups excluding carboxylic acids is 3. The van der Waals surface area contributed by atoms with Crippen LogP contribution in [-0.4, -0.2) is 75.8 Å². The van der Waals surface area contributed by atoms with Crippen molar-refractivity contribution in [2.45, 2.75) is 89.1 Å². The first-order valence-corrected chi connectivity index (χ1v) is 16.8. The van der Waals surface area contributed by atoms with Crippen molar-refractivity contribution < 1.29 is 34.1 Å². The first kappa shape index (κ1) is 34.6. The molecule has 0 bridgehead atoms. The highest BCUT2D eigenvalue weighted by Crippen LogP contribution is 2.59. The quantitative estimate of drug-likeness (QED) is 0.0958. The number of nitrogens with one attached hydrogen (secondary N) is 1. The SMILES string of the molecule is CCN[C@@H]1C=C[C@@H](CC)C[C@H]1[C@H](CCCO)OC(=O)[C@]12O[C@@]1(C/C(CO)=C(\C)CCc1ccnc(N)c1)C(=O)c1ccccc1C2=O. The van der Waals surface area contributed by atoms with Crippen LogP contribution >= 0.6 is 0 Å². The van der Waals surface area contributed by atoms with E-state index in [1.54, 1.807) is 30.5 Å². The molecule has 5 rings (SSSR count). The molecule has 1 aliphatic heterocycles. The van der Waals surface area contributed by atoms with E-state index in [0.29, 0.717) is 49.5 Å². The number of fused-ring (bicyclic) bond motifs is 2. The molecule has 1 aromatic heterocycles. The standard InChI is InChI=1S/C37H47N3O7/c1-4-24-14-15-30(39-5-2)29(19-24)31(11-8-18-41)46-35(45)37-34(44)28-10-7-6-9-27(28)33(43)36(37,47-37)21-26(22-42)23(3)12-13-25-16-17-40-32(38)20-25/h6-7,9-10,14-17,20,24,29-31,39,41-42H,4-5,8,11-13,18-19,21-22H2,1-3H3,(H2,38,40)/b26-23-/t24-,29-,30-,31+,36+,37+/m1/s1. The van der Waals surface area contributed by atoms with Crippen molar-refractivity contribution in [3.63, 3.8) is 0 Å². The van der Waals surface area contributed by atoms with E-state index in [2.05, 4.69) is 29.4 Å². The number of aliphatic hydroxyl groups excluding tert-OH is 2. The summed E-state index contributed by atoms with van der Waals surface area (Å²) < 4.78 is 12.4. The molecule has 10 nitrogen and oxygen atoms in total. The van der Waals surface area contributed by atoms with Gasteiger partial charge in [-0.15, -0.1) is 0 Å². The number of nitrogens with zero attached hydrogens (tertiary/aromatic N) is 1. The summed E-state index contributed by atoms with van der Waals surface area (Å²) in [7, 11) is 0. The Morgan fingerprint density at radius 1 is 1.15 bits per heavy atom. The van der Waals surface area contributed by atoms with Crippen molar-refractivity contribution >= 4 is 23.4 Å². The van der Waals surface area contributed by atoms with Gasteiger partial charge in [0.15, 0.2) is 11.4 Å². The molecule has 5 N–H and O–H groups in total. The predicted molar refractivity (Wildman–Crippen MR) is 178 cm³/mol. The lowest BCUT2D eigenvalue weighted by atomic mass is 9.71. The van der Waals surface area contributed by atoms with Crippen LogP contribution in [0, 0.1) is 11.8 Å². The molecule has 0 saturated carbocycles. The fourth-order valence-electron chi connectivity index (χ4n) is 7.31. The monoisotopic (exact) mass is 645 g/mol. The Morgan fingerprint density at radius 3 is 2.55 bits per heavy atom. The van der Waals surface area contributed by atoms with Crippen molar-refractivity contribution in [1.82, 2.24) is 10.3 Å². The number of likely N-dealkylation sites (N-methyl/N-ethyl adjacent to an activating group) is 1. The number of esters is 1. The Morgan fingerprint density at radius 2 is 1.89 bits per heavy atom. The van der Waals surface area contributed by atoms with Gasteiger partial charge >= 0.3 is 5.97 Å². The summed E-state index contributed by atoms with van der Waals surface area (Å²) in [6, 6.07) is 10.0. The molecule has 0 unspecified atom stereocenters. The van der Waals surface area contributed by atoms with E-state index in [4.69, 9.17) is 15.2 Å². The fourth-order valence-corrected chi connectivity index (χ4v) is 7.31. The number of anilines is 1. The smallest absolute Gasteiger partial charge is 0.350 e. The maximum atomic E-state index is 14.4. The number of aromatic nitrogens is 1. The highest BCUT2D eigenvalue weighted by atomic mass is 16.7. The minimum atomic E-state index is -2.17. The lowest BCUT2D eigenvalue weighted by molar-refractivity contribution is -0.158.